The van der Waals surface area contributed by atoms with Crippen LogP contribution >= 0.6 is 11.6 Å². The lowest BCUT2D eigenvalue weighted by molar-refractivity contribution is -0.139. The van der Waals surface area contributed by atoms with Gasteiger partial charge in [0.1, 0.15) is 7.85 Å². The van der Waals surface area contributed by atoms with Gasteiger partial charge in [-0.2, -0.15) is 0 Å². The number of hydrogen-bond donors (Lipinski definition) is 1. The fourth-order valence-corrected chi connectivity index (χ4v) is 3.79. The molecule has 1 atom stereocenters. The molecule has 0 radical (unpaired) electrons. The molecule has 3 rings (SSSR count). The molecule has 2 aromatic carbocycles. The van der Waals surface area contributed by atoms with Gasteiger partial charge in [0.2, 0.25) is 0 Å². The Bertz CT molecular complexity index is 1040. The Morgan fingerprint density at radius 1 is 1.25 bits per heavy atom. The van der Waals surface area contributed by atoms with Crippen LogP contribution in [0.2, 0.25) is 5.02 Å². The predicted molar refractivity (Wildman–Crippen MR) is 120 cm³/mol. The zero-order valence-electron chi connectivity index (χ0n) is 16.4. The summed E-state index contributed by atoms with van der Waals surface area (Å²) in [5, 5.41) is 11.6. The molecule has 5 heteroatoms. The van der Waals surface area contributed by atoms with Crippen LogP contribution in [0.25, 0.3) is 28.1 Å². The first-order chi connectivity index (χ1) is 13.3. The molecule has 142 valence electrons. The minimum absolute atomic E-state index is 0.227. The molecule has 0 aliphatic rings. The fourth-order valence-electron chi connectivity index (χ4n) is 3.66. The molecule has 0 aliphatic carbocycles. The second-order valence-corrected chi connectivity index (χ2v) is 7.97. The number of aliphatic carboxylic acids is 1. The number of benzene rings is 2. The molecular formula is C23H23BClNO2. The first-order valence-corrected chi connectivity index (χ1v) is 9.75. The Morgan fingerprint density at radius 3 is 2.50 bits per heavy atom. The third kappa shape index (κ3) is 3.97. The Kier molecular flexibility index (Phi) is 5.90. The fraction of sp³-hybridized carbons (Fsp3) is 0.217. The second-order valence-electron chi connectivity index (χ2n) is 7.54. The molecule has 1 aromatic heterocycles. The van der Waals surface area contributed by atoms with Crippen molar-refractivity contribution in [2.45, 2.75) is 26.2 Å². The van der Waals surface area contributed by atoms with Crippen molar-refractivity contribution in [2.24, 2.45) is 5.92 Å². The summed E-state index contributed by atoms with van der Waals surface area (Å²) < 4.78 is 0. The van der Waals surface area contributed by atoms with Gasteiger partial charge < -0.3 is 5.11 Å². The molecule has 1 heterocycles. The lowest BCUT2D eigenvalue weighted by atomic mass is 9.81. The molecule has 1 unspecified atom stereocenters. The average Bonchev–Trinajstić information content (AvgIpc) is 2.65. The van der Waals surface area contributed by atoms with Crippen LogP contribution in [0.1, 0.15) is 37.4 Å². The van der Waals surface area contributed by atoms with Crippen LogP contribution in [0.5, 0.6) is 0 Å². The van der Waals surface area contributed by atoms with Crippen molar-refractivity contribution in [3.8, 4) is 11.1 Å². The van der Waals surface area contributed by atoms with E-state index in [1.165, 1.54) is 0 Å². The third-order valence-corrected chi connectivity index (χ3v) is 5.14. The Balaban J connectivity index is 2.46. The van der Waals surface area contributed by atoms with Gasteiger partial charge >= 0.3 is 5.97 Å². The van der Waals surface area contributed by atoms with Crippen LogP contribution in [-0.4, -0.2) is 23.9 Å². The standard InChI is InChI=1S/C23H23BClNO2/c1-4-19-22(18(23(27)28)11-13(2)3)21(14-5-8-16(25)9-6-14)17-12-15(24)7-10-20(17)26-19/h4-10,12-13,18H,1,11,24H2,2-3H3,(H,27,28). The van der Waals surface area contributed by atoms with Crippen LogP contribution in [0, 0.1) is 5.92 Å². The van der Waals surface area contributed by atoms with E-state index in [0.717, 1.165) is 33.1 Å². The summed E-state index contributed by atoms with van der Waals surface area (Å²) in [5.41, 5.74) is 5.08. The van der Waals surface area contributed by atoms with Gasteiger partial charge in [-0.1, -0.05) is 61.8 Å². The summed E-state index contributed by atoms with van der Waals surface area (Å²) in [4.78, 5) is 17.0. The van der Waals surface area contributed by atoms with Gasteiger partial charge in [-0.25, -0.2) is 4.98 Å². The van der Waals surface area contributed by atoms with E-state index in [-0.39, 0.29) is 5.92 Å². The minimum Gasteiger partial charge on any atom is -0.481 e. The van der Waals surface area contributed by atoms with Crippen molar-refractivity contribution >= 4 is 47.9 Å². The van der Waals surface area contributed by atoms with Crippen molar-refractivity contribution in [1.82, 2.24) is 4.98 Å². The van der Waals surface area contributed by atoms with Gasteiger partial charge in [-0.3, -0.25) is 4.79 Å². The summed E-state index contributed by atoms with van der Waals surface area (Å²) in [5.74, 6) is -1.29. The zero-order chi connectivity index (χ0) is 20.4. The number of carboxylic acid groups (broad SMARTS) is 1. The van der Waals surface area contributed by atoms with Gasteiger partial charge in [-0.05, 0) is 47.7 Å². The zero-order valence-corrected chi connectivity index (χ0v) is 17.1. The number of rotatable bonds is 6. The number of carbonyl (C=O) groups is 1. The van der Waals surface area contributed by atoms with Gasteiger partial charge in [0.15, 0.2) is 0 Å². The Morgan fingerprint density at radius 2 is 1.93 bits per heavy atom. The molecule has 0 saturated heterocycles. The topological polar surface area (TPSA) is 50.2 Å². The second kappa shape index (κ2) is 8.20. The van der Waals surface area contributed by atoms with Crippen molar-refractivity contribution in [3.05, 3.63) is 65.3 Å². The number of hydrogen-bond acceptors (Lipinski definition) is 2. The molecule has 0 bridgehead atoms. The summed E-state index contributed by atoms with van der Waals surface area (Å²) in [6.07, 6.45) is 2.18. The molecule has 0 amide bonds. The highest BCUT2D eigenvalue weighted by Crippen LogP contribution is 2.40. The van der Waals surface area contributed by atoms with Crippen LogP contribution < -0.4 is 5.46 Å². The smallest absolute Gasteiger partial charge is 0.311 e. The highest BCUT2D eigenvalue weighted by molar-refractivity contribution is 6.33. The minimum atomic E-state index is -0.846. The van der Waals surface area contributed by atoms with Crippen molar-refractivity contribution < 1.29 is 9.90 Å². The molecule has 28 heavy (non-hydrogen) atoms. The van der Waals surface area contributed by atoms with Gasteiger partial charge in [0, 0.05) is 16.0 Å². The Labute approximate surface area is 171 Å². The van der Waals surface area contributed by atoms with Crippen LogP contribution in [0.4, 0.5) is 0 Å². The van der Waals surface area contributed by atoms with Crippen LogP contribution in [0.3, 0.4) is 0 Å². The molecule has 0 saturated carbocycles. The maximum absolute atomic E-state index is 12.3. The van der Waals surface area contributed by atoms with E-state index in [2.05, 4.69) is 12.6 Å². The predicted octanol–water partition coefficient (Wildman–Crippen LogP) is 4.67. The van der Waals surface area contributed by atoms with E-state index in [4.69, 9.17) is 16.6 Å². The van der Waals surface area contributed by atoms with E-state index in [0.29, 0.717) is 17.1 Å². The molecule has 3 aromatic rings. The maximum Gasteiger partial charge on any atom is 0.311 e. The van der Waals surface area contributed by atoms with Crippen molar-refractivity contribution in [2.75, 3.05) is 0 Å². The number of aromatic nitrogens is 1. The number of halogens is 1. The Hall–Kier alpha value is -2.59. The number of pyridine rings is 1. The summed E-state index contributed by atoms with van der Waals surface area (Å²) in [7, 11) is 2.02. The molecular weight excluding hydrogens is 369 g/mol. The summed E-state index contributed by atoms with van der Waals surface area (Å²) >= 11 is 6.10. The average molecular weight is 392 g/mol. The van der Waals surface area contributed by atoms with Gasteiger partial charge in [0.05, 0.1) is 17.1 Å². The van der Waals surface area contributed by atoms with Gasteiger partial charge in [0.25, 0.3) is 0 Å². The SMILES string of the molecule is Bc1ccc2nc(C=C)c(C(CC(C)C)C(=O)O)c(-c3ccc(Cl)cc3)c2c1. The van der Waals surface area contributed by atoms with E-state index in [9.17, 15) is 9.90 Å². The molecule has 0 spiro atoms. The lowest BCUT2D eigenvalue weighted by Crippen LogP contribution is -2.17. The summed E-state index contributed by atoms with van der Waals surface area (Å²) in [6, 6.07) is 13.6. The van der Waals surface area contributed by atoms with E-state index in [1.807, 2.05) is 58.1 Å². The maximum atomic E-state index is 12.3. The highest BCUT2D eigenvalue weighted by Gasteiger charge is 2.28. The van der Waals surface area contributed by atoms with Crippen molar-refractivity contribution in [3.63, 3.8) is 0 Å². The first-order valence-electron chi connectivity index (χ1n) is 9.37. The lowest BCUT2D eigenvalue weighted by Gasteiger charge is -2.23. The molecule has 3 nitrogen and oxygen atoms in total. The first kappa shape index (κ1) is 20.2. The van der Waals surface area contributed by atoms with Crippen molar-refractivity contribution in [1.29, 1.82) is 0 Å². The normalized spacial score (nSPS) is 12.3. The van der Waals surface area contributed by atoms with Crippen LogP contribution in [-0.2, 0) is 4.79 Å². The molecule has 0 fully saturated rings. The van der Waals surface area contributed by atoms with Gasteiger partial charge in [-0.15, -0.1) is 0 Å². The quantitative estimate of drug-likeness (QED) is 0.621. The molecule has 0 aliphatic heterocycles. The van der Waals surface area contributed by atoms with Crippen LogP contribution in [0.15, 0.2) is 49.0 Å². The summed E-state index contributed by atoms with van der Waals surface area (Å²) in [6.45, 7) is 7.97. The molecule has 1 N–H and O–H groups in total. The number of fused-ring (bicyclic) bond motifs is 1. The van der Waals surface area contributed by atoms with E-state index >= 15 is 0 Å². The largest absolute Gasteiger partial charge is 0.481 e. The highest BCUT2D eigenvalue weighted by atomic mass is 35.5. The third-order valence-electron chi connectivity index (χ3n) is 4.89. The number of nitrogens with zero attached hydrogens (tertiary/aromatic N) is 1. The monoisotopic (exact) mass is 391 g/mol. The van der Waals surface area contributed by atoms with E-state index < -0.39 is 11.9 Å². The number of carboxylic acids is 1. The van der Waals surface area contributed by atoms with E-state index in [1.54, 1.807) is 6.08 Å².